The average molecular weight is 200 g/mol. The Morgan fingerprint density at radius 1 is 1.57 bits per heavy atom. The van der Waals surface area contributed by atoms with Crippen LogP contribution >= 0.6 is 0 Å². The topological polar surface area (TPSA) is 55.8 Å². The Hall–Kier alpha value is -0.870. The van der Waals surface area contributed by atoms with E-state index in [1.54, 1.807) is 13.0 Å². The summed E-state index contributed by atoms with van der Waals surface area (Å²) in [7, 11) is 0. The lowest BCUT2D eigenvalue weighted by Crippen LogP contribution is -2.30. The number of aliphatic carboxylic acids is 1. The van der Waals surface area contributed by atoms with Crippen molar-refractivity contribution in [3.8, 4) is 0 Å². The number of ether oxygens (including phenoxy) is 2. The van der Waals surface area contributed by atoms with Gasteiger partial charge in [-0.25, -0.2) is 4.79 Å². The molecular weight excluding hydrogens is 184 g/mol. The number of carboxylic acids is 1. The van der Waals surface area contributed by atoms with E-state index in [9.17, 15) is 4.79 Å². The minimum atomic E-state index is -0.892. The predicted octanol–water partition coefficient (Wildman–Crippen LogP) is 1.42. The molecule has 14 heavy (non-hydrogen) atoms. The first-order chi connectivity index (χ1) is 6.43. The van der Waals surface area contributed by atoms with E-state index in [1.165, 1.54) is 0 Å². The fraction of sp³-hybridized carbons (Fsp3) is 0.700. The van der Waals surface area contributed by atoms with E-state index in [0.717, 1.165) is 0 Å². The highest BCUT2D eigenvalue weighted by Gasteiger charge is 2.32. The zero-order chi connectivity index (χ0) is 10.8. The van der Waals surface area contributed by atoms with Crippen LogP contribution in [0.3, 0.4) is 0 Å². The number of hydrogen-bond acceptors (Lipinski definition) is 3. The van der Waals surface area contributed by atoms with Crippen LogP contribution in [0.25, 0.3) is 0 Å². The van der Waals surface area contributed by atoms with Crippen molar-refractivity contribution in [2.45, 2.75) is 26.9 Å². The normalized spacial score (nSPS) is 23.9. The number of carboxylic acid groups (broad SMARTS) is 1. The molecule has 4 nitrogen and oxygen atoms in total. The molecule has 4 heteroatoms. The minimum Gasteiger partial charge on any atom is -0.478 e. The molecule has 0 aromatic rings. The smallest absolute Gasteiger partial charge is 0.330 e. The van der Waals surface area contributed by atoms with Crippen molar-refractivity contribution < 1.29 is 19.4 Å². The van der Waals surface area contributed by atoms with Crippen LogP contribution in [0.2, 0.25) is 0 Å². The minimum absolute atomic E-state index is 0.0585. The van der Waals surface area contributed by atoms with Gasteiger partial charge in [-0.2, -0.15) is 0 Å². The van der Waals surface area contributed by atoms with Crippen LogP contribution in [-0.4, -0.2) is 30.6 Å². The van der Waals surface area contributed by atoms with Gasteiger partial charge in [-0.1, -0.05) is 19.9 Å². The maximum atomic E-state index is 10.7. The molecule has 1 aliphatic heterocycles. The standard InChI is InChI=1S/C10H16O4/c1-7(9(11)12)4-10(2,3)8-5-13-6-14-8/h4,8H,5-6H2,1-3H3,(H,11,12)/b7-4+. The second kappa shape index (κ2) is 4.11. The molecule has 0 aromatic heterocycles. The highest BCUT2D eigenvalue weighted by atomic mass is 16.7. The van der Waals surface area contributed by atoms with E-state index >= 15 is 0 Å². The summed E-state index contributed by atoms with van der Waals surface area (Å²) in [5.74, 6) is -0.892. The van der Waals surface area contributed by atoms with Gasteiger partial charge in [0.05, 0.1) is 12.7 Å². The molecule has 1 rings (SSSR count). The van der Waals surface area contributed by atoms with Crippen molar-refractivity contribution in [3.63, 3.8) is 0 Å². The molecule has 0 amide bonds. The van der Waals surface area contributed by atoms with Gasteiger partial charge in [0, 0.05) is 11.0 Å². The summed E-state index contributed by atoms with van der Waals surface area (Å²) in [5, 5.41) is 8.75. The Kier molecular flexibility index (Phi) is 3.29. The molecule has 0 saturated carbocycles. The van der Waals surface area contributed by atoms with E-state index in [2.05, 4.69) is 0 Å². The first-order valence-electron chi connectivity index (χ1n) is 4.55. The van der Waals surface area contributed by atoms with Gasteiger partial charge in [-0.3, -0.25) is 0 Å². The molecule has 0 spiro atoms. The quantitative estimate of drug-likeness (QED) is 0.700. The summed E-state index contributed by atoms with van der Waals surface area (Å²) in [4.78, 5) is 10.7. The van der Waals surface area contributed by atoms with Crippen LogP contribution in [0.5, 0.6) is 0 Å². The van der Waals surface area contributed by atoms with E-state index < -0.39 is 5.97 Å². The summed E-state index contributed by atoms with van der Waals surface area (Å²) in [6.45, 7) is 6.29. The average Bonchev–Trinajstić information content (AvgIpc) is 2.54. The molecule has 0 aromatic carbocycles. The van der Waals surface area contributed by atoms with E-state index in [0.29, 0.717) is 19.0 Å². The zero-order valence-corrected chi connectivity index (χ0v) is 8.74. The highest BCUT2D eigenvalue weighted by molar-refractivity contribution is 5.85. The predicted molar refractivity (Wildman–Crippen MR) is 50.9 cm³/mol. The fourth-order valence-electron chi connectivity index (χ4n) is 1.48. The van der Waals surface area contributed by atoms with Crippen LogP contribution in [-0.2, 0) is 14.3 Å². The molecule has 1 atom stereocenters. The van der Waals surface area contributed by atoms with Crippen LogP contribution in [0.15, 0.2) is 11.6 Å². The first kappa shape index (κ1) is 11.2. The third-order valence-corrected chi connectivity index (χ3v) is 2.38. The largest absolute Gasteiger partial charge is 0.478 e. The Morgan fingerprint density at radius 3 is 2.64 bits per heavy atom. The van der Waals surface area contributed by atoms with Crippen molar-refractivity contribution in [2.24, 2.45) is 5.41 Å². The monoisotopic (exact) mass is 200 g/mol. The van der Waals surface area contributed by atoms with Crippen molar-refractivity contribution in [1.82, 2.24) is 0 Å². The molecule has 1 heterocycles. The second-order valence-electron chi connectivity index (χ2n) is 4.10. The summed E-state index contributed by atoms with van der Waals surface area (Å²) < 4.78 is 10.4. The molecule has 1 unspecified atom stereocenters. The number of carbonyl (C=O) groups is 1. The maximum absolute atomic E-state index is 10.7. The van der Waals surface area contributed by atoms with Crippen molar-refractivity contribution >= 4 is 5.97 Å². The first-order valence-corrected chi connectivity index (χ1v) is 4.55. The van der Waals surface area contributed by atoms with Crippen LogP contribution in [0.4, 0.5) is 0 Å². The van der Waals surface area contributed by atoms with Crippen LogP contribution in [0, 0.1) is 5.41 Å². The third-order valence-electron chi connectivity index (χ3n) is 2.38. The van der Waals surface area contributed by atoms with Crippen molar-refractivity contribution in [3.05, 3.63) is 11.6 Å². The van der Waals surface area contributed by atoms with Gasteiger partial charge in [0.1, 0.15) is 6.79 Å². The van der Waals surface area contributed by atoms with Gasteiger partial charge in [0.15, 0.2) is 0 Å². The van der Waals surface area contributed by atoms with Gasteiger partial charge in [-0.05, 0) is 6.92 Å². The molecule has 1 saturated heterocycles. The SMILES string of the molecule is C/C(=C\C(C)(C)C1COCO1)C(=O)O. The fourth-order valence-corrected chi connectivity index (χ4v) is 1.48. The highest BCUT2D eigenvalue weighted by Crippen LogP contribution is 2.29. The molecule has 0 radical (unpaired) electrons. The lowest BCUT2D eigenvalue weighted by molar-refractivity contribution is -0.132. The number of rotatable bonds is 3. The van der Waals surface area contributed by atoms with Gasteiger partial charge < -0.3 is 14.6 Å². The van der Waals surface area contributed by atoms with E-state index in [-0.39, 0.29) is 11.5 Å². The third kappa shape index (κ3) is 2.56. The Morgan fingerprint density at radius 2 is 2.21 bits per heavy atom. The summed E-state index contributed by atoms with van der Waals surface area (Å²) in [6, 6.07) is 0. The van der Waals surface area contributed by atoms with Crippen molar-refractivity contribution in [1.29, 1.82) is 0 Å². The van der Waals surface area contributed by atoms with Crippen molar-refractivity contribution in [2.75, 3.05) is 13.4 Å². The van der Waals surface area contributed by atoms with Gasteiger partial charge in [-0.15, -0.1) is 0 Å². The molecular formula is C10H16O4. The summed E-state index contributed by atoms with van der Waals surface area (Å²) in [6.07, 6.45) is 1.66. The Labute approximate surface area is 83.5 Å². The Bertz CT molecular complexity index is 249. The van der Waals surface area contributed by atoms with Gasteiger partial charge in [0.2, 0.25) is 0 Å². The molecule has 1 aliphatic rings. The van der Waals surface area contributed by atoms with E-state index in [4.69, 9.17) is 14.6 Å². The molecule has 0 aliphatic carbocycles. The molecule has 1 N–H and O–H groups in total. The maximum Gasteiger partial charge on any atom is 0.330 e. The molecule has 0 bridgehead atoms. The van der Waals surface area contributed by atoms with E-state index in [1.807, 2.05) is 13.8 Å². The number of hydrogen-bond donors (Lipinski definition) is 1. The molecule has 1 fully saturated rings. The Balaban J connectivity index is 2.73. The zero-order valence-electron chi connectivity index (χ0n) is 8.74. The van der Waals surface area contributed by atoms with Gasteiger partial charge in [0.25, 0.3) is 0 Å². The second-order valence-corrected chi connectivity index (χ2v) is 4.10. The van der Waals surface area contributed by atoms with Gasteiger partial charge >= 0.3 is 5.97 Å². The summed E-state index contributed by atoms with van der Waals surface area (Å²) >= 11 is 0. The van der Waals surface area contributed by atoms with Crippen LogP contribution in [0.1, 0.15) is 20.8 Å². The lowest BCUT2D eigenvalue weighted by Gasteiger charge is -2.26. The lowest BCUT2D eigenvalue weighted by atomic mass is 9.85. The van der Waals surface area contributed by atoms with Crippen LogP contribution < -0.4 is 0 Å². The molecule has 80 valence electrons. The summed E-state index contributed by atoms with van der Waals surface area (Å²) in [5.41, 5.74) is 0.0319.